The Labute approximate surface area is 109 Å². The van der Waals surface area contributed by atoms with E-state index >= 15 is 0 Å². The Morgan fingerprint density at radius 1 is 1.28 bits per heavy atom. The number of hydrogen-bond acceptors (Lipinski definition) is 4. The van der Waals surface area contributed by atoms with E-state index in [0.29, 0.717) is 11.6 Å². The van der Waals surface area contributed by atoms with Crippen molar-refractivity contribution in [2.45, 2.75) is 6.54 Å². The summed E-state index contributed by atoms with van der Waals surface area (Å²) in [4.78, 5) is 8.22. The van der Waals surface area contributed by atoms with Gasteiger partial charge in [-0.2, -0.15) is 0 Å². The number of fused-ring (bicyclic) bond motifs is 1. The first-order valence-corrected chi connectivity index (χ1v) is 5.87. The SMILES string of the molecule is Clc1ccc(NCc2cnco2)c2ncccc12. The molecule has 3 rings (SSSR count). The molecule has 2 heterocycles. The number of benzene rings is 1. The molecule has 1 aromatic carbocycles. The molecule has 0 fully saturated rings. The van der Waals surface area contributed by atoms with E-state index in [4.69, 9.17) is 16.0 Å². The Bertz CT molecular complexity index is 667. The maximum atomic E-state index is 6.13. The number of oxazole rings is 1. The molecule has 0 spiro atoms. The fraction of sp³-hybridized carbons (Fsp3) is 0.0769. The number of aromatic nitrogens is 2. The fourth-order valence-corrected chi connectivity index (χ4v) is 2.01. The molecule has 0 atom stereocenters. The standard InChI is InChI=1S/C13H10ClN3O/c14-11-3-4-12(13-10(11)2-1-5-16-13)17-7-9-6-15-8-18-9/h1-6,8,17H,7H2. The normalized spacial score (nSPS) is 10.7. The lowest BCUT2D eigenvalue weighted by Crippen LogP contribution is -1.99. The molecule has 1 N–H and O–H groups in total. The van der Waals surface area contributed by atoms with Crippen LogP contribution in [0, 0.1) is 0 Å². The molecular weight excluding hydrogens is 250 g/mol. The van der Waals surface area contributed by atoms with Crippen molar-refractivity contribution in [2.75, 3.05) is 5.32 Å². The van der Waals surface area contributed by atoms with Crippen LogP contribution in [0.1, 0.15) is 5.76 Å². The Hall–Kier alpha value is -2.07. The van der Waals surface area contributed by atoms with Crippen LogP contribution in [0.15, 0.2) is 47.5 Å². The Morgan fingerprint density at radius 2 is 2.22 bits per heavy atom. The molecule has 3 aromatic rings. The van der Waals surface area contributed by atoms with Crippen molar-refractivity contribution in [3.05, 3.63) is 53.8 Å². The van der Waals surface area contributed by atoms with Gasteiger partial charge < -0.3 is 9.73 Å². The molecule has 0 saturated carbocycles. The molecule has 0 saturated heterocycles. The Kier molecular flexibility index (Phi) is 2.86. The predicted octanol–water partition coefficient (Wildman–Crippen LogP) is 3.49. The van der Waals surface area contributed by atoms with Crippen LogP contribution in [-0.2, 0) is 6.54 Å². The van der Waals surface area contributed by atoms with Crippen LogP contribution in [0.25, 0.3) is 10.9 Å². The van der Waals surface area contributed by atoms with Crippen molar-refractivity contribution in [3.63, 3.8) is 0 Å². The molecule has 0 bridgehead atoms. The fourth-order valence-electron chi connectivity index (χ4n) is 1.79. The van der Waals surface area contributed by atoms with Crippen molar-refractivity contribution >= 4 is 28.2 Å². The van der Waals surface area contributed by atoms with Crippen LogP contribution >= 0.6 is 11.6 Å². The van der Waals surface area contributed by atoms with E-state index in [0.717, 1.165) is 22.4 Å². The average Bonchev–Trinajstić information content (AvgIpc) is 2.92. The van der Waals surface area contributed by atoms with Crippen molar-refractivity contribution in [2.24, 2.45) is 0 Å². The molecule has 0 amide bonds. The number of rotatable bonds is 3. The summed E-state index contributed by atoms with van der Waals surface area (Å²) in [6, 6.07) is 7.58. The molecule has 5 heteroatoms. The second-order valence-electron chi connectivity index (χ2n) is 3.82. The van der Waals surface area contributed by atoms with Crippen molar-refractivity contribution in [1.82, 2.24) is 9.97 Å². The summed E-state index contributed by atoms with van der Waals surface area (Å²) >= 11 is 6.13. The lowest BCUT2D eigenvalue weighted by Gasteiger charge is -2.08. The highest BCUT2D eigenvalue weighted by atomic mass is 35.5. The van der Waals surface area contributed by atoms with Gasteiger partial charge in [-0.05, 0) is 24.3 Å². The number of pyridine rings is 1. The Morgan fingerprint density at radius 3 is 3.06 bits per heavy atom. The smallest absolute Gasteiger partial charge is 0.180 e. The van der Waals surface area contributed by atoms with Gasteiger partial charge in [-0.1, -0.05) is 11.6 Å². The van der Waals surface area contributed by atoms with Crippen molar-refractivity contribution in [3.8, 4) is 0 Å². The molecule has 0 aliphatic carbocycles. The number of nitrogens with zero attached hydrogens (tertiary/aromatic N) is 2. The topological polar surface area (TPSA) is 51.0 Å². The first-order valence-electron chi connectivity index (χ1n) is 5.49. The van der Waals surface area contributed by atoms with E-state index in [1.165, 1.54) is 6.39 Å². The maximum absolute atomic E-state index is 6.13. The highest BCUT2D eigenvalue weighted by Crippen LogP contribution is 2.28. The number of halogens is 1. The van der Waals surface area contributed by atoms with Crippen LogP contribution in [-0.4, -0.2) is 9.97 Å². The van der Waals surface area contributed by atoms with Gasteiger partial charge in [0.2, 0.25) is 0 Å². The first kappa shape index (κ1) is 11.0. The minimum Gasteiger partial charge on any atom is -0.447 e. The monoisotopic (exact) mass is 259 g/mol. The molecule has 4 nitrogen and oxygen atoms in total. The summed E-state index contributed by atoms with van der Waals surface area (Å²) in [6.45, 7) is 0.563. The zero-order chi connectivity index (χ0) is 12.4. The average molecular weight is 260 g/mol. The molecule has 2 aromatic heterocycles. The molecule has 0 radical (unpaired) electrons. The zero-order valence-electron chi connectivity index (χ0n) is 9.43. The summed E-state index contributed by atoms with van der Waals surface area (Å²) < 4.78 is 5.17. The maximum Gasteiger partial charge on any atom is 0.180 e. The Balaban J connectivity index is 1.94. The summed E-state index contributed by atoms with van der Waals surface area (Å²) in [5.41, 5.74) is 1.77. The first-order chi connectivity index (χ1) is 8.84. The lowest BCUT2D eigenvalue weighted by atomic mass is 10.2. The van der Waals surface area contributed by atoms with Gasteiger partial charge in [0, 0.05) is 11.6 Å². The number of hydrogen-bond donors (Lipinski definition) is 1. The third kappa shape index (κ3) is 2.02. The van der Waals surface area contributed by atoms with E-state index in [9.17, 15) is 0 Å². The van der Waals surface area contributed by atoms with Gasteiger partial charge in [-0.3, -0.25) is 4.98 Å². The largest absolute Gasteiger partial charge is 0.447 e. The minimum absolute atomic E-state index is 0.563. The van der Waals surface area contributed by atoms with Crippen LogP contribution < -0.4 is 5.32 Å². The van der Waals surface area contributed by atoms with Crippen LogP contribution in [0.5, 0.6) is 0 Å². The van der Waals surface area contributed by atoms with Crippen LogP contribution in [0.3, 0.4) is 0 Å². The van der Waals surface area contributed by atoms with Gasteiger partial charge in [-0.15, -0.1) is 0 Å². The highest BCUT2D eigenvalue weighted by Gasteiger charge is 2.05. The van der Waals surface area contributed by atoms with Gasteiger partial charge in [0.15, 0.2) is 6.39 Å². The van der Waals surface area contributed by atoms with Crippen molar-refractivity contribution < 1.29 is 4.42 Å². The molecular formula is C13H10ClN3O. The molecule has 0 aliphatic heterocycles. The minimum atomic E-state index is 0.563. The lowest BCUT2D eigenvalue weighted by molar-refractivity contribution is 0.512. The van der Waals surface area contributed by atoms with Gasteiger partial charge in [0.05, 0.1) is 29.0 Å². The quantitative estimate of drug-likeness (QED) is 0.782. The van der Waals surface area contributed by atoms with Crippen LogP contribution in [0.4, 0.5) is 5.69 Å². The molecule has 90 valence electrons. The van der Waals surface area contributed by atoms with E-state index in [1.54, 1.807) is 12.4 Å². The summed E-state index contributed by atoms with van der Waals surface area (Å²) in [5, 5.41) is 4.89. The van der Waals surface area contributed by atoms with E-state index in [2.05, 4.69) is 15.3 Å². The van der Waals surface area contributed by atoms with Gasteiger partial charge in [-0.25, -0.2) is 4.98 Å². The molecule has 0 aliphatic rings. The number of anilines is 1. The second-order valence-corrected chi connectivity index (χ2v) is 4.22. The summed E-state index contributed by atoms with van der Waals surface area (Å²) in [6.07, 6.45) is 4.84. The molecule has 0 unspecified atom stereocenters. The van der Waals surface area contributed by atoms with Gasteiger partial charge >= 0.3 is 0 Å². The van der Waals surface area contributed by atoms with Gasteiger partial charge in [0.1, 0.15) is 5.76 Å². The third-order valence-electron chi connectivity index (χ3n) is 2.65. The number of nitrogens with one attached hydrogen (secondary N) is 1. The second kappa shape index (κ2) is 4.66. The highest BCUT2D eigenvalue weighted by molar-refractivity contribution is 6.35. The van der Waals surface area contributed by atoms with Gasteiger partial charge in [0.25, 0.3) is 0 Å². The summed E-state index contributed by atoms with van der Waals surface area (Å²) in [7, 11) is 0. The van der Waals surface area contributed by atoms with E-state index in [-0.39, 0.29) is 0 Å². The zero-order valence-corrected chi connectivity index (χ0v) is 10.2. The van der Waals surface area contributed by atoms with E-state index < -0.39 is 0 Å². The van der Waals surface area contributed by atoms with Crippen molar-refractivity contribution in [1.29, 1.82) is 0 Å². The summed E-state index contributed by atoms with van der Waals surface area (Å²) in [5.74, 6) is 0.772. The van der Waals surface area contributed by atoms with E-state index in [1.807, 2.05) is 24.3 Å². The molecule has 18 heavy (non-hydrogen) atoms. The third-order valence-corrected chi connectivity index (χ3v) is 2.98. The predicted molar refractivity (Wildman–Crippen MR) is 70.6 cm³/mol. The van der Waals surface area contributed by atoms with Crippen LogP contribution in [0.2, 0.25) is 5.02 Å².